The van der Waals surface area contributed by atoms with Crippen molar-refractivity contribution in [3.8, 4) is 5.69 Å². The molecule has 7 nitrogen and oxygen atoms in total. The normalized spacial score (nSPS) is 18.1. The first kappa shape index (κ1) is 17.7. The molecule has 2 aliphatic heterocycles. The van der Waals surface area contributed by atoms with Gasteiger partial charge >= 0.3 is 0 Å². The molecular formula is C20H25N5O2. The summed E-state index contributed by atoms with van der Waals surface area (Å²) in [5.74, 6) is 0.725. The van der Waals surface area contributed by atoms with E-state index in [1.54, 1.807) is 17.1 Å². The zero-order valence-corrected chi connectivity index (χ0v) is 15.5. The first-order chi connectivity index (χ1) is 13.2. The van der Waals surface area contributed by atoms with Crippen LogP contribution in [-0.4, -0.2) is 62.8 Å². The number of rotatable bonds is 4. The van der Waals surface area contributed by atoms with Crippen LogP contribution in [-0.2, 0) is 4.79 Å². The molecule has 1 aromatic heterocycles. The molecule has 0 aliphatic carbocycles. The second-order valence-corrected chi connectivity index (χ2v) is 7.43. The predicted molar refractivity (Wildman–Crippen MR) is 100 cm³/mol. The highest BCUT2D eigenvalue weighted by Gasteiger charge is 2.27. The summed E-state index contributed by atoms with van der Waals surface area (Å²) in [5, 5.41) is 7.79. The van der Waals surface area contributed by atoms with Gasteiger partial charge in [0.15, 0.2) is 0 Å². The van der Waals surface area contributed by atoms with Crippen LogP contribution in [0, 0.1) is 5.92 Å². The fourth-order valence-corrected chi connectivity index (χ4v) is 3.99. The molecule has 0 saturated carbocycles. The summed E-state index contributed by atoms with van der Waals surface area (Å²) < 4.78 is 1.65. The summed E-state index contributed by atoms with van der Waals surface area (Å²) in [6, 6.07) is 7.46. The molecule has 1 aromatic carbocycles. The lowest BCUT2D eigenvalue weighted by molar-refractivity contribution is -0.131. The first-order valence-corrected chi connectivity index (χ1v) is 9.74. The summed E-state index contributed by atoms with van der Waals surface area (Å²) in [6.07, 6.45) is 8.06. The van der Waals surface area contributed by atoms with Gasteiger partial charge < -0.3 is 9.80 Å². The molecule has 0 N–H and O–H groups in total. The van der Waals surface area contributed by atoms with Crippen molar-refractivity contribution in [1.82, 2.24) is 24.8 Å². The molecule has 142 valence electrons. The van der Waals surface area contributed by atoms with Crippen molar-refractivity contribution in [2.45, 2.75) is 32.1 Å². The largest absolute Gasteiger partial charge is 0.343 e. The second-order valence-electron chi connectivity index (χ2n) is 7.43. The molecule has 0 atom stereocenters. The minimum atomic E-state index is 0.0429. The van der Waals surface area contributed by atoms with E-state index < -0.39 is 0 Å². The quantitative estimate of drug-likeness (QED) is 0.830. The number of hydrogen-bond acceptors (Lipinski definition) is 4. The SMILES string of the molecule is O=C(CC1CCN(C(=O)c2cccc(-n3ccnn3)c2)CC1)N1CCCC1. The van der Waals surface area contributed by atoms with E-state index in [9.17, 15) is 9.59 Å². The number of benzene rings is 1. The molecule has 0 spiro atoms. The van der Waals surface area contributed by atoms with Gasteiger partial charge in [-0.15, -0.1) is 5.10 Å². The van der Waals surface area contributed by atoms with Crippen LogP contribution in [0.3, 0.4) is 0 Å². The molecule has 27 heavy (non-hydrogen) atoms. The Morgan fingerprint density at radius 3 is 2.52 bits per heavy atom. The number of nitrogens with zero attached hydrogens (tertiary/aromatic N) is 5. The zero-order chi connectivity index (χ0) is 18.6. The van der Waals surface area contributed by atoms with Crippen LogP contribution in [0.5, 0.6) is 0 Å². The van der Waals surface area contributed by atoms with E-state index in [4.69, 9.17) is 0 Å². The van der Waals surface area contributed by atoms with Gasteiger partial charge in [-0.2, -0.15) is 0 Å². The van der Waals surface area contributed by atoms with E-state index in [-0.39, 0.29) is 11.8 Å². The van der Waals surface area contributed by atoms with Gasteiger partial charge in [0.2, 0.25) is 5.91 Å². The average Bonchev–Trinajstić information content (AvgIpc) is 3.42. The Kier molecular flexibility index (Phi) is 5.18. The van der Waals surface area contributed by atoms with Gasteiger partial charge in [-0.05, 0) is 49.8 Å². The van der Waals surface area contributed by atoms with Crippen LogP contribution in [0.4, 0.5) is 0 Å². The standard InChI is InChI=1S/C20H25N5O2/c26-19(23-9-1-2-10-23)14-16-6-11-24(12-7-16)20(27)17-4-3-5-18(15-17)25-13-8-21-22-25/h3-5,8,13,15-16H,1-2,6-7,9-12,14H2. The number of likely N-dealkylation sites (tertiary alicyclic amines) is 2. The lowest BCUT2D eigenvalue weighted by Gasteiger charge is -2.32. The van der Waals surface area contributed by atoms with Crippen molar-refractivity contribution < 1.29 is 9.59 Å². The van der Waals surface area contributed by atoms with Crippen LogP contribution in [0.1, 0.15) is 42.5 Å². The number of amides is 2. The average molecular weight is 367 g/mol. The van der Waals surface area contributed by atoms with Crippen molar-refractivity contribution >= 4 is 11.8 Å². The van der Waals surface area contributed by atoms with Crippen LogP contribution < -0.4 is 0 Å². The lowest BCUT2D eigenvalue weighted by atomic mass is 9.92. The molecule has 4 rings (SSSR count). The number of aromatic nitrogens is 3. The number of piperidine rings is 1. The van der Waals surface area contributed by atoms with E-state index >= 15 is 0 Å². The van der Waals surface area contributed by atoms with Gasteiger partial charge in [0.05, 0.1) is 18.1 Å². The van der Waals surface area contributed by atoms with Gasteiger partial charge in [-0.1, -0.05) is 11.3 Å². The zero-order valence-electron chi connectivity index (χ0n) is 15.5. The molecule has 2 amide bonds. The van der Waals surface area contributed by atoms with E-state index in [0.717, 1.165) is 44.5 Å². The highest BCUT2D eigenvalue weighted by atomic mass is 16.2. The summed E-state index contributed by atoms with van der Waals surface area (Å²) in [5.41, 5.74) is 1.49. The topological polar surface area (TPSA) is 71.3 Å². The highest BCUT2D eigenvalue weighted by Crippen LogP contribution is 2.24. The Hall–Kier alpha value is -2.70. The van der Waals surface area contributed by atoms with Crippen molar-refractivity contribution in [2.24, 2.45) is 5.92 Å². The Morgan fingerprint density at radius 1 is 1.04 bits per heavy atom. The van der Waals surface area contributed by atoms with E-state index in [2.05, 4.69) is 10.3 Å². The van der Waals surface area contributed by atoms with Crippen LogP contribution >= 0.6 is 0 Å². The molecule has 0 unspecified atom stereocenters. The molecule has 2 saturated heterocycles. The molecule has 2 aromatic rings. The van der Waals surface area contributed by atoms with Gasteiger partial charge in [0, 0.05) is 38.2 Å². The molecule has 7 heteroatoms. The van der Waals surface area contributed by atoms with Crippen LogP contribution in [0.2, 0.25) is 0 Å². The van der Waals surface area contributed by atoms with Crippen molar-refractivity contribution in [3.05, 3.63) is 42.2 Å². The monoisotopic (exact) mass is 367 g/mol. The first-order valence-electron chi connectivity index (χ1n) is 9.74. The third kappa shape index (κ3) is 4.02. The van der Waals surface area contributed by atoms with Crippen LogP contribution in [0.25, 0.3) is 5.69 Å². The Bertz CT molecular complexity index is 790. The minimum Gasteiger partial charge on any atom is -0.343 e. The Balaban J connectivity index is 1.33. The Morgan fingerprint density at radius 2 is 1.81 bits per heavy atom. The summed E-state index contributed by atoms with van der Waals surface area (Å²) in [7, 11) is 0. The van der Waals surface area contributed by atoms with Gasteiger partial charge in [-0.25, -0.2) is 4.68 Å². The maximum Gasteiger partial charge on any atom is 0.253 e. The van der Waals surface area contributed by atoms with Gasteiger partial charge in [-0.3, -0.25) is 9.59 Å². The fraction of sp³-hybridized carbons (Fsp3) is 0.500. The minimum absolute atomic E-state index is 0.0429. The van der Waals surface area contributed by atoms with Crippen molar-refractivity contribution in [2.75, 3.05) is 26.2 Å². The van der Waals surface area contributed by atoms with E-state index in [1.165, 1.54) is 0 Å². The summed E-state index contributed by atoms with van der Waals surface area (Å²) in [4.78, 5) is 29.1. The molecule has 2 aliphatic rings. The van der Waals surface area contributed by atoms with Gasteiger partial charge in [0.1, 0.15) is 0 Å². The number of carbonyl (C=O) groups is 2. The lowest BCUT2D eigenvalue weighted by Crippen LogP contribution is -2.40. The highest BCUT2D eigenvalue weighted by molar-refractivity contribution is 5.94. The van der Waals surface area contributed by atoms with Gasteiger partial charge in [0.25, 0.3) is 5.91 Å². The molecule has 0 radical (unpaired) electrons. The third-order valence-corrected chi connectivity index (χ3v) is 5.60. The smallest absolute Gasteiger partial charge is 0.253 e. The maximum absolute atomic E-state index is 12.9. The molecular weight excluding hydrogens is 342 g/mol. The number of hydrogen-bond donors (Lipinski definition) is 0. The number of carbonyl (C=O) groups excluding carboxylic acids is 2. The second kappa shape index (κ2) is 7.90. The molecule has 0 bridgehead atoms. The van der Waals surface area contributed by atoms with E-state index in [1.807, 2.05) is 34.1 Å². The summed E-state index contributed by atoms with van der Waals surface area (Å²) >= 11 is 0. The van der Waals surface area contributed by atoms with Crippen molar-refractivity contribution in [3.63, 3.8) is 0 Å². The predicted octanol–water partition coefficient (Wildman–Crippen LogP) is 2.13. The Labute approximate surface area is 158 Å². The maximum atomic E-state index is 12.9. The van der Waals surface area contributed by atoms with Crippen LogP contribution in [0.15, 0.2) is 36.7 Å². The van der Waals surface area contributed by atoms with E-state index in [0.29, 0.717) is 31.0 Å². The fourth-order valence-electron chi connectivity index (χ4n) is 3.99. The molecule has 2 fully saturated rings. The van der Waals surface area contributed by atoms with Crippen molar-refractivity contribution in [1.29, 1.82) is 0 Å². The third-order valence-electron chi connectivity index (χ3n) is 5.60. The summed E-state index contributed by atoms with van der Waals surface area (Å²) in [6.45, 7) is 3.26. The molecule has 3 heterocycles.